The molecule has 106 valence electrons. The van der Waals surface area contributed by atoms with Crippen molar-refractivity contribution < 1.29 is 19.1 Å². The summed E-state index contributed by atoms with van der Waals surface area (Å²) in [5.74, 6) is -0.301. The molecule has 2 aromatic rings. The fourth-order valence-electron chi connectivity index (χ4n) is 1.83. The van der Waals surface area contributed by atoms with Crippen LogP contribution in [0.1, 0.15) is 35.7 Å². The highest BCUT2D eigenvalue weighted by Crippen LogP contribution is 2.27. The molecule has 0 aliphatic rings. The average molecular weight is 294 g/mol. The van der Waals surface area contributed by atoms with E-state index in [0.717, 1.165) is 5.56 Å². The molecule has 0 amide bonds. The zero-order valence-electron chi connectivity index (χ0n) is 11.2. The van der Waals surface area contributed by atoms with Crippen LogP contribution in [0.15, 0.2) is 34.7 Å². The summed E-state index contributed by atoms with van der Waals surface area (Å²) >= 11 is 5.98. The number of carboxylic acid groups (broad SMARTS) is 1. The lowest BCUT2D eigenvalue weighted by molar-refractivity contribution is -0.257. The van der Waals surface area contributed by atoms with E-state index in [1.807, 2.05) is 13.8 Å². The number of rotatable bonds is 5. The minimum atomic E-state index is -1.33. The molecule has 20 heavy (non-hydrogen) atoms. The molecule has 4 nitrogen and oxygen atoms in total. The highest BCUT2D eigenvalue weighted by Gasteiger charge is 2.10. The first-order chi connectivity index (χ1) is 9.45. The van der Waals surface area contributed by atoms with Gasteiger partial charge in [-0.2, -0.15) is 0 Å². The molecule has 0 saturated heterocycles. The topological polar surface area (TPSA) is 62.5 Å². The number of carboxylic acids is 1. The average Bonchev–Trinajstić information content (AvgIpc) is 2.81. The van der Waals surface area contributed by atoms with Gasteiger partial charge in [0.1, 0.15) is 23.2 Å². The fourth-order valence-corrected chi connectivity index (χ4v) is 2.02. The quantitative estimate of drug-likeness (QED) is 0.850. The summed E-state index contributed by atoms with van der Waals surface area (Å²) in [5, 5.41) is 11.3. The number of furan rings is 1. The molecule has 0 aliphatic heterocycles. The number of ether oxygens (including phenoxy) is 1. The van der Waals surface area contributed by atoms with Crippen LogP contribution in [-0.2, 0) is 6.42 Å². The lowest BCUT2D eigenvalue weighted by atomic mass is 10.1. The summed E-state index contributed by atoms with van der Waals surface area (Å²) in [7, 11) is 0. The monoisotopic (exact) mass is 293 g/mol. The Morgan fingerprint density at radius 2 is 2.10 bits per heavy atom. The second kappa shape index (κ2) is 6.01. The Morgan fingerprint density at radius 3 is 2.70 bits per heavy atom. The molecule has 5 heteroatoms. The van der Waals surface area contributed by atoms with Gasteiger partial charge in [0, 0.05) is 17.0 Å². The highest BCUT2D eigenvalue weighted by atomic mass is 35.5. The van der Waals surface area contributed by atoms with Gasteiger partial charge in [-0.25, -0.2) is 0 Å². The van der Waals surface area contributed by atoms with Crippen molar-refractivity contribution >= 4 is 17.6 Å². The van der Waals surface area contributed by atoms with Gasteiger partial charge >= 0.3 is 0 Å². The molecule has 0 unspecified atom stereocenters. The Kier molecular flexibility index (Phi) is 4.35. The van der Waals surface area contributed by atoms with Crippen molar-refractivity contribution in [2.75, 3.05) is 0 Å². The lowest BCUT2D eigenvalue weighted by Crippen LogP contribution is -2.21. The minimum Gasteiger partial charge on any atom is -0.542 e. The number of hydrogen-bond acceptors (Lipinski definition) is 4. The van der Waals surface area contributed by atoms with Crippen molar-refractivity contribution in [2.45, 2.75) is 26.4 Å². The maximum absolute atomic E-state index is 10.7. The van der Waals surface area contributed by atoms with Gasteiger partial charge in [0.05, 0.1) is 6.10 Å². The number of halogens is 1. The number of benzene rings is 1. The molecule has 0 radical (unpaired) electrons. The summed E-state index contributed by atoms with van der Waals surface area (Å²) in [6.45, 7) is 3.86. The molecular weight excluding hydrogens is 280 g/mol. The van der Waals surface area contributed by atoms with Gasteiger partial charge in [0.2, 0.25) is 0 Å². The van der Waals surface area contributed by atoms with Gasteiger partial charge in [0.25, 0.3) is 0 Å². The molecule has 0 spiro atoms. The summed E-state index contributed by atoms with van der Waals surface area (Å²) in [6, 6.07) is 8.29. The predicted octanol–water partition coefficient (Wildman–Crippen LogP) is 2.67. The zero-order valence-corrected chi connectivity index (χ0v) is 11.9. The van der Waals surface area contributed by atoms with E-state index in [1.165, 1.54) is 6.07 Å². The van der Waals surface area contributed by atoms with E-state index in [4.69, 9.17) is 20.8 Å². The van der Waals surface area contributed by atoms with Crippen LogP contribution in [0.2, 0.25) is 5.02 Å². The summed E-state index contributed by atoms with van der Waals surface area (Å²) in [4.78, 5) is 10.7. The minimum absolute atomic E-state index is 0.0327. The second-order valence-corrected chi connectivity index (χ2v) is 5.09. The van der Waals surface area contributed by atoms with Crippen LogP contribution in [0, 0.1) is 0 Å². The van der Waals surface area contributed by atoms with Gasteiger partial charge in [-0.3, -0.25) is 0 Å². The third-order valence-corrected chi connectivity index (χ3v) is 2.85. The van der Waals surface area contributed by atoms with Crippen LogP contribution in [0.5, 0.6) is 5.75 Å². The Balaban J connectivity index is 2.26. The summed E-state index contributed by atoms with van der Waals surface area (Å²) in [5.41, 5.74) is 0.838. The first-order valence-corrected chi connectivity index (χ1v) is 6.58. The van der Waals surface area contributed by atoms with Gasteiger partial charge in [-0.05, 0) is 44.2 Å². The molecule has 0 atom stereocenters. The third kappa shape index (κ3) is 3.54. The maximum atomic E-state index is 10.7. The molecule has 0 fully saturated rings. The van der Waals surface area contributed by atoms with Gasteiger partial charge < -0.3 is 19.1 Å². The van der Waals surface area contributed by atoms with E-state index in [9.17, 15) is 9.90 Å². The van der Waals surface area contributed by atoms with Crippen LogP contribution < -0.4 is 9.84 Å². The Morgan fingerprint density at radius 1 is 1.35 bits per heavy atom. The molecule has 2 rings (SSSR count). The van der Waals surface area contributed by atoms with E-state index in [1.54, 1.807) is 24.3 Å². The summed E-state index contributed by atoms with van der Waals surface area (Å²) < 4.78 is 10.9. The molecular formula is C15H14ClO4-. The van der Waals surface area contributed by atoms with Crippen molar-refractivity contribution in [3.05, 3.63) is 52.4 Å². The van der Waals surface area contributed by atoms with Crippen LogP contribution in [-0.4, -0.2) is 12.1 Å². The predicted molar refractivity (Wildman–Crippen MR) is 73.1 cm³/mol. The Labute approximate surface area is 121 Å². The third-order valence-electron chi connectivity index (χ3n) is 2.61. The highest BCUT2D eigenvalue weighted by molar-refractivity contribution is 6.30. The van der Waals surface area contributed by atoms with Crippen molar-refractivity contribution in [2.24, 2.45) is 0 Å². The van der Waals surface area contributed by atoms with Crippen LogP contribution in [0.4, 0.5) is 0 Å². The van der Waals surface area contributed by atoms with Crippen LogP contribution >= 0.6 is 11.6 Å². The lowest BCUT2D eigenvalue weighted by Gasteiger charge is -2.14. The van der Waals surface area contributed by atoms with Crippen LogP contribution in [0.25, 0.3) is 0 Å². The first-order valence-electron chi connectivity index (χ1n) is 6.21. The van der Waals surface area contributed by atoms with E-state index in [2.05, 4.69) is 0 Å². The summed E-state index contributed by atoms with van der Waals surface area (Å²) in [6.07, 6.45) is 0.431. The molecule has 1 aromatic carbocycles. The molecule has 0 saturated carbocycles. The molecule has 0 aliphatic carbocycles. The van der Waals surface area contributed by atoms with Crippen molar-refractivity contribution in [3.8, 4) is 5.75 Å². The number of hydrogen-bond donors (Lipinski definition) is 0. The molecule has 1 heterocycles. The maximum Gasteiger partial charge on any atom is 0.149 e. The number of carbonyl (C=O) groups excluding carboxylic acids is 1. The second-order valence-electron chi connectivity index (χ2n) is 4.65. The van der Waals surface area contributed by atoms with E-state index < -0.39 is 5.97 Å². The number of aromatic carboxylic acids is 1. The van der Waals surface area contributed by atoms with E-state index in [0.29, 0.717) is 23.0 Å². The van der Waals surface area contributed by atoms with E-state index >= 15 is 0 Å². The number of carbonyl (C=O) groups is 1. The van der Waals surface area contributed by atoms with Crippen LogP contribution in [0.3, 0.4) is 0 Å². The van der Waals surface area contributed by atoms with E-state index in [-0.39, 0.29) is 11.9 Å². The van der Waals surface area contributed by atoms with Crippen molar-refractivity contribution in [1.82, 2.24) is 0 Å². The molecule has 0 N–H and O–H groups in total. The van der Waals surface area contributed by atoms with Gasteiger partial charge in [0.15, 0.2) is 0 Å². The Bertz CT molecular complexity index is 616. The normalized spacial score (nSPS) is 10.8. The SMILES string of the molecule is CC(C)Oc1ccc(Cl)cc1Cc1ccc(C(=O)[O-])o1. The Hall–Kier alpha value is -1.94. The van der Waals surface area contributed by atoms with Crippen molar-refractivity contribution in [3.63, 3.8) is 0 Å². The zero-order chi connectivity index (χ0) is 14.7. The first kappa shape index (κ1) is 14.5. The standard InChI is InChI=1S/C15H15ClO4/c1-9(2)19-13-5-3-11(16)7-10(13)8-12-4-6-14(20-12)15(17)18/h3-7,9H,8H2,1-2H3,(H,17,18)/p-1. The molecule has 1 aromatic heterocycles. The largest absolute Gasteiger partial charge is 0.542 e. The molecule has 0 bridgehead atoms. The smallest absolute Gasteiger partial charge is 0.149 e. The van der Waals surface area contributed by atoms with Gasteiger partial charge in [-0.1, -0.05) is 11.6 Å². The van der Waals surface area contributed by atoms with Crippen molar-refractivity contribution in [1.29, 1.82) is 0 Å². The fraction of sp³-hybridized carbons (Fsp3) is 0.267. The van der Waals surface area contributed by atoms with Gasteiger partial charge in [-0.15, -0.1) is 0 Å².